The summed E-state index contributed by atoms with van der Waals surface area (Å²) in [5.74, 6) is 0. The van der Waals surface area contributed by atoms with Crippen LogP contribution in [0, 0.1) is 0 Å². The first-order valence-electron chi connectivity index (χ1n) is 7.25. The molecule has 1 N–H and O–H groups in total. The molecule has 0 amide bonds. The van der Waals surface area contributed by atoms with Gasteiger partial charge in [0.05, 0.1) is 19.2 Å². The molecule has 1 saturated heterocycles. The molecule has 0 spiro atoms. The molecule has 0 saturated carbocycles. The SMILES string of the molecule is COCCNC(S)N1CCOC1=NC(C)c1ccccc1Cl. The number of nitrogens with one attached hydrogen (secondary N) is 1. The van der Waals surface area contributed by atoms with Gasteiger partial charge in [-0.2, -0.15) is 0 Å². The first-order chi connectivity index (χ1) is 10.6. The van der Waals surface area contributed by atoms with E-state index < -0.39 is 0 Å². The van der Waals surface area contributed by atoms with Gasteiger partial charge in [-0.15, -0.1) is 12.6 Å². The Morgan fingerprint density at radius 1 is 1.50 bits per heavy atom. The number of nitrogens with zero attached hydrogens (tertiary/aromatic N) is 2. The van der Waals surface area contributed by atoms with Crippen molar-refractivity contribution in [3.63, 3.8) is 0 Å². The van der Waals surface area contributed by atoms with Gasteiger partial charge in [-0.25, -0.2) is 4.99 Å². The number of rotatable bonds is 7. The number of ether oxygens (including phenoxy) is 2. The predicted octanol–water partition coefficient (Wildman–Crippen LogP) is 2.54. The predicted molar refractivity (Wildman–Crippen MR) is 92.6 cm³/mol. The Labute approximate surface area is 142 Å². The molecule has 122 valence electrons. The van der Waals surface area contributed by atoms with E-state index in [1.165, 1.54) is 0 Å². The van der Waals surface area contributed by atoms with E-state index in [9.17, 15) is 0 Å². The van der Waals surface area contributed by atoms with Gasteiger partial charge >= 0.3 is 0 Å². The third-order valence-electron chi connectivity index (χ3n) is 3.40. The zero-order valence-electron chi connectivity index (χ0n) is 12.8. The Morgan fingerprint density at radius 2 is 2.27 bits per heavy atom. The van der Waals surface area contributed by atoms with E-state index in [4.69, 9.17) is 21.1 Å². The molecule has 0 radical (unpaired) electrons. The summed E-state index contributed by atoms with van der Waals surface area (Å²) in [4.78, 5) is 6.65. The molecule has 0 aliphatic carbocycles. The molecular weight excluding hydrogens is 322 g/mol. The summed E-state index contributed by atoms with van der Waals surface area (Å²) in [5.41, 5.74) is 0.824. The normalized spacial score (nSPS) is 19.3. The molecular formula is C15H22ClN3O2S. The van der Waals surface area contributed by atoms with Gasteiger partial charge in [0.15, 0.2) is 0 Å². The molecule has 1 aromatic rings. The molecule has 2 rings (SSSR count). The lowest BCUT2D eigenvalue weighted by Gasteiger charge is -2.25. The van der Waals surface area contributed by atoms with Gasteiger partial charge < -0.3 is 9.47 Å². The largest absolute Gasteiger partial charge is 0.463 e. The molecule has 2 unspecified atom stereocenters. The number of amidine groups is 1. The highest BCUT2D eigenvalue weighted by Gasteiger charge is 2.26. The molecule has 1 aliphatic rings. The average Bonchev–Trinajstić information content (AvgIpc) is 2.96. The first kappa shape index (κ1) is 17.4. The Hall–Kier alpha value is -0.950. The van der Waals surface area contributed by atoms with Crippen LogP contribution in [-0.4, -0.2) is 49.8 Å². The van der Waals surface area contributed by atoms with Gasteiger partial charge in [-0.1, -0.05) is 29.8 Å². The lowest BCUT2D eigenvalue weighted by molar-refractivity contribution is 0.193. The Balaban J connectivity index is 2.04. The van der Waals surface area contributed by atoms with Gasteiger partial charge in [-0.05, 0) is 18.6 Å². The number of benzene rings is 1. The van der Waals surface area contributed by atoms with Crippen LogP contribution < -0.4 is 5.32 Å². The fourth-order valence-electron chi connectivity index (χ4n) is 2.20. The molecule has 7 heteroatoms. The first-order valence-corrected chi connectivity index (χ1v) is 8.15. The highest BCUT2D eigenvalue weighted by molar-refractivity contribution is 7.80. The molecule has 0 aromatic heterocycles. The molecule has 1 fully saturated rings. The van der Waals surface area contributed by atoms with Crippen LogP contribution in [0.5, 0.6) is 0 Å². The van der Waals surface area contributed by atoms with Crippen LogP contribution in [0.15, 0.2) is 29.3 Å². The Morgan fingerprint density at radius 3 is 3.00 bits per heavy atom. The molecule has 1 aromatic carbocycles. The van der Waals surface area contributed by atoms with Crippen molar-refractivity contribution in [3.05, 3.63) is 34.9 Å². The minimum Gasteiger partial charge on any atom is -0.463 e. The molecule has 5 nitrogen and oxygen atoms in total. The van der Waals surface area contributed by atoms with Crippen molar-refractivity contribution < 1.29 is 9.47 Å². The van der Waals surface area contributed by atoms with E-state index in [0.29, 0.717) is 30.8 Å². The number of halogens is 1. The second kappa shape index (κ2) is 8.62. The Kier molecular flexibility index (Phi) is 6.82. The smallest absolute Gasteiger partial charge is 0.290 e. The van der Waals surface area contributed by atoms with Gasteiger partial charge in [0.1, 0.15) is 12.1 Å². The molecule has 0 bridgehead atoms. The maximum absolute atomic E-state index is 6.22. The summed E-state index contributed by atoms with van der Waals surface area (Å²) in [6.45, 7) is 4.71. The van der Waals surface area contributed by atoms with E-state index in [-0.39, 0.29) is 11.5 Å². The van der Waals surface area contributed by atoms with Crippen molar-refractivity contribution in [1.82, 2.24) is 10.2 Å². The number of methoxy groups -OCH3 is 1. The number of hydrogen-bond donors (Lipinski definition) is 2. The third-order valence-corrected chi connectivity index (χ3v) is 4.20. The van der Waals surface area contributed by atoms with Crippen LogP contribution in [0.1, 0.15) is 18.5 Å². The van der Waals surface area contributed by atoms with E-state index in [1.807, 2.05) is 36.1 Å². The maximum atomic E-state index is 6.22. The third kappa shape index (κ3) is 4.52. The summed E-state index contributed by atoms with van der Waals surface area (Å²) in [6, 6.07) is 8.23. The van der Waals surface area contributed by atoms with E-state index in [1.54, 1.807) is 7.11 Å². The van der Waals surface area contributed by atoms with Crippen LogP contribution in [0.3, 0.4) is 0 Å². The Bertz CT molecular complexity index is 515. The van der Waals surface area contributed by atoms with E-state index in [2.05, 4.69) is 22.9 Å². The summed E-state index contributed by atoms with van der Waals surface area (Å²) in [5, 5.41) is 3.97. The molecule has 22 heavy (non-hydrogen) atoms. The summed E-state index contributed by atoms with van der Waals surface area (Å²) >= 11 is 10.8. The monoisotopic (exact) mass is 343 g/mol. The highest BCUT2D eigenvalue weighted by Crippen LogP contribution is 2.26. The molecule has 2 atom stereocenters. The van der Waals surface area contributed by atoms with Gasteiger partial charge in [0.25, 0.3) is 6.02 Å². The van der Waals surface area contributed by atoms with Crippen molar-refractivity contribution in [3.8, 4) is 0 Å². The van der Waals surface area contributed by atoms with Crippen LogP contribution in [0.25, 0.3) is 0 Å². The highest BCUT2D eigenvalue weighted by atomic mass is 35.5. The fraction of sp³-hybridized carbons (Fsp3) is 0.533. The van der Waals surface area contributed by atoms with Gasteiger partial charge in [0.2, 0.25) is 0 Å². The average molecular weight is 344 g/mol. The fourth-order valence-corrected chi connectivity index (χ4v) is 2.84. The van der Waals surface area contributed by atoms with Crippen LogP contribution in [0.2, 0.25) is 5.02 Å². The van der Waals surface area contributed by atoms with Crippen molar-refractivity contribution >= 4 is 30.3 Å². The number of aliphatic imine (C=N–C) groups is 1. The second-order valence-electron chi connectivity index (χ2n) is 4.97. The minimum atomic E-state index is -0.158. The van der Waals surface area contributed by atoms with E-state index in [0.717, 1.165) is 12.1 Å². The van der Waals surface area contributed by atoms with Crippen molar-refractivity contribution in [2.24, 2.45) is 4.99 Å². The lowest BCUT2D eigenvalue weighted by atomic mass is 10.1. The van der Waals surface area contributed by atoms with Crippen LogP contribution in [0.4, 0.5) is 0 Å². The standard InChI is InChI=1S/C15H22ClN3O2S/c1-11(12-5-3-4-6-13(12)16)18-14-19(8-10-21-14)15(22)17-7-9-20-2/h3-6,11,15,17,22H,7-10H2,1-2H3. The topological polar surface area (TPSA) is 46.1 Å². The van der Waals surface area contributed by atoms with Crippen molar-refractivity contribution in [2.45, 2.75) is 18.5 Å². The zero-order valence-corrected chi connectivity index (χ0v) is 14.5. The van der Waals surface area contributed by atoms with Crippen LogP contribution >= 0.6 is 24.2 Å². The quantitative estimate of drug-likeness (QED) is 0.454. The minimum absolute atomic E-state index is 0.0798. The molecule has 1 heterocycles. The van der Waals surface area contributed by atoms with Gasteiger partial charge in [-0.3, -0.25) is 10.2 Å². The maximum Gasteiger partial charge on any atom is 0.290 e. The van der Waals surface area contributed by atoms with Crippen LogP contribution in [-0.2, 0) is 9.47 Å². The summed E-state index contributed by atoms with van der Waals surface area (Å²) < 4.78 is 10.7. The van der Waals surface area contributed by atoms with E-state index >= 15 is 0 Å². The lowest BCUT2D eigenvalue weighted by Crippen LogP contribution is -2.44. The van der Waals surface area contributed by atoms with Crippen molar-refractivity contribution in [1.29, 1.82) is 0 Å². The number of thiol groups is 1. The summed E-state index contributed by atoms with van der Waals surface area (Å²) in [7, 11) is 1.67. The van der Waals surface area contributed by atoms with Crippen molar-refractivity contribution in [2.75, 3.05) is 33.4 Å². The molecule has 1 aliphatic heterocycles. The zero-order chi connectivity index (χ0) is 15.9. The second-order valence-corrected chi connectivity index (χ2v) is 5.87. The van der Waals surface area contributed by atoms with Gasteiger partial charge in [0, 0.05) is 18.7 Å². The number of hydrogen-bond acceptors (Lipinski definition) is 5. The summed E-state index contributed by atoms with van der Waals surface area (Å²) in [6.07, 6.45) is 0.